The van der Waals surface area contributed by atoms with Gasteiger partial charge in [-0.1, -0.05) is 12.8 Å². The first kappa shape index (κ1) is 22.6. The molecule has 2 aliphatic rings. The lowest BCUT2D eigenvalue weighted by Gasteiger charge is -2.37. The highest BCUT2D eigenvalue weighted by Gasteiger charge is 2.23. The van der Waals surface area contributed by atoms with Crippen LogP contribution >= 0.6 is 0 Å². The lowest BCUT2D eigenvalue weighted by atomic mass is 10.2. The minimum atomic E-state index is 0.288. The molecule has 1 N–H and O–H groups in total. The molecular weight excluding hydrogens is 382 g/mol. The lowest BCUT2D eigenvalue weighted by molar-refractivity contribution is -0.132. The predicted octanol–water partition coefficient (Wildman–Crippen LogP) is 1.43. The van der Waals surface area contributed by atoms with E-state index in [-0.39, 0.29) is 5.91 Å². The average Bonchev–Trinajstić information content (AvgIpc) is 3.13. The maximum absolute atomic E-state index is 12.7. The molecule has 8 heteroatoms. The molecular formula is C22H37N5O3. The van der Waals surface area contributed by atoms with E-state index in [1.807, 2.05) is 12.1 Å². The number of carbonyl (C=O) groups excluding carboxylic acids is 1. The highest BCUT2D eigenvalue weighted by Crippen LogP contribution is 2.11. The number of guanidine groups is 1. The fraction of sp³-hybridized carbons (Fsp3) is 0.727. The molecule has 0 bridgehead atoms. The van der Waals surface area contributed by atoms with Gasteiger partial charge in [0.25, 0.3) is 0 Å². The fourth-order valence-electron chi connectivity index (χ4n) is 3.99. The van der Waals surface area contributed by atoms with E-state index in [0.717, 1.165) is 76.8 Å². The number of piperazine rings is 1. The first-order chi connectivity index (χ1) is 14.8. The van der Waals surface area contributed by atoms with Crippen molar-refractivity contribution in [3.63, 3.8) is 0 Å². The normalized spacial score (nSPS) is 19.0. The van der Waals surface area contributed by atoms with Gasteiger partial charge in [0.1, 0.15) is 5.76 Å². The Morgan fingerprint density at radius 1 is 1.10 bits per heavy atom. The van der Waals surface area contributed by atoms with Crippen LogP contribution in [-0.4, -0.2) is 99.2 Å². The van der Waals surface area contributed by atoms with Crippen LogP contribution in [0.4, 0.5) is 0 Å². The molecule has 0 aromatic carbocycles. The molecule has 3 rings (SSSR count). The second kappa shape index (κ2) is 12.6. The van der Waals surface area contributed by atoms with Crippen LogP contribution in [0.25, 0.3) is 0 Å². The number of nitrogens with one attached hydrogen (secondary N) is 1. The number of likely N-dealkylation sites (tertiary alicyclic amines) is 1. The summed E-state index contributed by atoms with van der Waals surface area (Å²) in [5.41, 5.74) is 0. The van der Waals surface area contributed by atoms with E-state index in [1.165, 1.54) is 12.8 Å². The van der Waals surface area contributed by atoms with Gasteiger partial charge in [-0.25, -0.2) is 0 Å². The van der Waals surface area contributed by atoms with Crippen molar-refractivity contribution in [2.45, 2.75) is 32.1 Å². The number of rotatable bonds is 8. The van der Waals surface area contributed by atoms with E-state index in [1.54, 1.807) is 13.4 Å². The first-order valence-corrected chi connectivity index (χ1v) is 11.3. The summed E-state index contributed by atoms with van der Waals surface area (Å²) in [7, 11) is 1.69. The first-order valence-electron chi connectivity index (χ1n) is 11.3. The summed E-state index contributed by atoms with van der Waals surface area (Å²) < 4.78 is 10.6. The number of aliphatic imine (C=N–C) groups is 1. The van der Waals surface area contributed by atoms with Crippen molar-refractivity contribution < 1.29 is 13.9 Å². The van der Waals surface area contributed by atoms with E-state index in [9.17, 15) is 4.79 Å². The molecule has 3 heterocycles. The molecule has 0 unspecified atom stereocenters. The third-order valence-corrected chi connectivity index (χ3v) is 5.78. The van der Waals surface area contributed by atoms with Crippen LogP contribution in [0.5, 0.6) is 0 Å². The summed E-state index contributed by atoms with van der Waals surface area (Å²) >= 11 is 0. The van der Waals surface area contributed by atoms with Gasteiger partial charge >= 0.3 is 0 Å². The van der Waals surface area contributed by atoms with Crippen LogP contribution in [-0.2, 0) is 16.0 Å². The number of hydrogen-bond acceptors (Lipinski definition) is 5. The van der Waals surface area contributed by atoms with Crippen LogP contribution in [0.3, 0.4) is 0 Å². The zero-order valence-corrected chi connectivity index (χ0v) is 18.4. The number of furan rings is 1. The van der Waals surface area contributed by atoms with Gasteiger partial charge in [-0.05, 0) is 25.0 Å². The van der Waals surface area contributed by atoms with Gasteiger partial charge in [-0.2, -0.15) is 0 Å². The lowest BCUT2D eigenvalue weighted by Crippen LogP contribution is -2.54. The van der Waals surface area contributed by atoms with E-state index >= 15 is 0 Å². The minimum absolute atomic E-state index is 0.288. The van der Waals surface area contributed by atoms with Gasteiger partial charge in [0.15, 0.2) is 5.96 Å². The molecule has 0 atom stereocenters. The molecule has 0 spiro atoms. The molecule has 0 radical (unpaired) electrons. The van der Waals surface area contributed by atoms with Gasteiger partial charge in [0, 0.05) is 59.3 Å². The summed E-state index contributed by atoms with van der Waals surface area (Å²) in [6.45, 7) is 7.89. The Bertz CT molecular complexity index is 633. The van der Waals surface area contributed by atoms with Gasteiger partial charge in [-0.3, -0.25) is 14.7 Å². The zero-order valence-electron chi connectivity index (χ0n) is 18.4. The van der Waals surface area contributed by atoms with Crippen molar-refractivity contribution in [2.24, 2.45) is 4.99 Å². The molecule has 2 aliphatic heterocycles. The van der Waals surface area contributed by atoms with Crippen molar-refractivity contribution in [2.75, 3.05) is 72.6 Å². The van der Waals surface area contributed by atoms with Crippen molar-refractivity contribution >= 4 is 11.9 Å². The minimum Gasteiger partial charge on any atom is -0.469 e. The largest absolute Gasteiger partial charge is 0.469 e. The van der Waals surface area contributed by atoms with Crippen LogP contribution < -0.4 is 5.32 Å². The standard InChI is InChI=1S/C22H37N5O3/c1-29-18-10-24-22(23-9-8-20-7-6-17-30-20)27-15-13-25(14-16-27)19-21(28)26-11-4-2-3-5-12-26/h6-7,17H,2-5,8-16,18-19H2,1H3,(H,23,24). The number of nitrogens with zero attached hydrogens (tertiary/aromatic N) is 4. The molecule has 1 aromatic heterocycles. The van der Waals surface area contributed by atoms with Gasteiger partial charge in [0.05, 0.1) is 26.0 Å². The molecule has 8 nitrogen and oxygen atoms in total. The predicted molar refractivity (Wildman–Crippen MR) is 118 cm³/mol. The van der Waals surface area contributed by atoms with E-state index < -0.39 is 0 Å². The Hall–Kier alpha value is -2.06. The van der Waals surface area contributed by atoms with E-state index in [4.69, 9.17) is 14.1 Å². The molecule has 2 saturated heterocycles. The fourth-order valence-corrected chi connectivity index (χ4v) is 3.99. The van der Waals surface area contributed by atoms with Gasteiger partial charge < -0.3 is 24.3 Å². The number of carbonyl (C=O) groups is 1. The molecule has 1 aromatic rings. The Balaban J connectivity index is 1.45. The maximum Gasteiger partial charge on any atom is 0.236 e. The van der Waals surface area contributed by atoms with Crippen molar-refractivity contribution in [3.8, 4) is 0 Å². The van der Waals surface area contributed by atoms with Crippen molar-refractivity contribution in [1.82, 2.24) is 20.0 Å². The third kappa shape index (κ3) is 7.32. The molecule has 168 valence electrons. The second-order valence-electron chi connectivity index (χ2n) is 8.01. The number of hydrogen-bond donors (Lipinski definition) is 1. The van der Waals surface area contributed by atoms with Gasteiger partial charge in [-0.15, -0.1) is 0 Å². The summed E-state index contributed by atoms with van der Waals surface area (Å²) in [6.07, 6.45) is 7.31. The number of ether oxygens (including phenoxy) is 1. The van der Waals surface area contributed by atoms with Crippen LogP contribution in [0.2, 0.25) is 0 Å². The summed E-state index contributed by atoms with van der Waals surface area (Å²) in [4.78, 5) is 24.0. The molecule has 1 amide bonds. The Labute approximate surface area is 180 Å². The van der Waals surface area contributed by atoms with Gasteiger partial charge in [0.2, 0.25) is 5.91 Å². The summed E-state index contributed by atoms with van der Waals surface area (Å²) in [5.74, 6) is 2.17. The topological polar surface area (TPSA) is 73.5 Å². The van der Waals surface area contributed by atoms with Crippen molar-refractivity contribution in [3.05, 3.63) is 24.2 Å². The molecule has 30 heavy (non-hydrogen) atoms. The Morgan fingerprint density at radius 2 is 1.87 bits per heavy atom. The quantitative estimate of drug-likeness (QED) is 0.390. The van der Waals surface area contributed by atoms with Crippen LogP contribution in [0, 0.1) is 0 Å². The Morgan fingerprint density at radius 3 is 2.53 bits per heavy atom. The molecule has 2 fully saturated rings. The van der Waals surface area contributed by atoms with E-state index in [0.29, 0.717) is 19.7 Å². The van der Waals surface area contributed by atoms with Crippen LogP contribution in [0.15, 0.2) is 27.8 Å². The molecule has 0 aliphatic carbocycles. The SMILES string of the molecule is COCCN=C(NCCc1ccco1)N1CCN(CC(=O)N2CCCCCC2)CC1. The number of methoxy groups -OCH3 is 1. The zero-order chi connectivity index (χ0) is 21.0. The molecule has 0 saturated carbocycles. The maximum atomic E-state index is 12.7. The summed E-state index contributed by atoms with van der Waals surface area (Å²) in [6, 6.07) is 3.90. The van der Waals surface area contributed by atoms with Crippen molar-refractivity contribution in [1.29, 1.82) is 0 Å². The van der Waals surface area contributed by atoms with E-state index in [2.05, 4.69) is 20.0 Å². The average molecular weight is 420 g/mol. The van der Waals surface area contributed by atoms with Crippen LogP contribution in [0.1, 0.15) is 31.4 Å². The number of amides is 1. The second-order valence-corrected chi connectivity index (χ2v) is 8.01. The third-order valence-electron chi connectivity index (χ3n) is 5.78. The summed E-state index contributed by atoms with van der Waals surface area (Å²) in [5, 5.41) is 3.47. The smallest absolute Gasteiger partial charge is 0.236 e. The Kier molecular flexibility index (Phi) is 9.50. The highest BCUT2D eigenvalue weighted by atomic mass is 16.5. The monoisotopic (exact) mass is 419 g/mol. The highest BCUT2D eigenvalue weighted by molar-refractivity contribution is 5.80.